The van der Waals surface area contributed by atoms with Gasteiger partial charge in [0.15, 0.2) is 0 Å². The Morgan fingerprint density at radius 1 is 0.926 bits per heavy atom. The van der Waals surface area contributed by atoms with Crippen molar-refractivity contribution in [3.8, 4) is 0 Å². The third kappa shape index (κ3) is 4.46. The lowest BCUT2D eigenvalue weighted by atomic mass is 10.1. The van der Waals surface area contributed by atoms with Crippen molar-refractivity contribution in [2.24, 2.45) is 0 Å². The van der Waals surface area contributed by atoms with Crippen LogP contribution in [0.2, 0.25) is 5.02 Å². The first-order chi connectivity index (χ1) is 12.9. The number of benzene rings is 3. The largest absolute Gasteiger partial charge is 0.502 e. The summed E-state index contributed by atoms with van der Waals surface area (Å²) in [4.78, 5) is 24.8. The quantitative estimate of drug-likeness (QED) is 0.502. The Kier molecular flexibility index (Phi) is 5.43. The van der Waals surface area contributed by atoms with Gasteiger partial charge >= 0.3 is 5.97 Å². The van der Waals surface area contributed by atoms with Gasteiger partial charge in [-0.15, -0.1) is 0 Å². The number of hydrogen-bond acceptors (Lipinski definition) is 3. The smallest absolute Gasteiger partial charge is 0.371 e. The van der Waals surface area contributed by atoms with Crippen molar-refractivity contribution in [3.05, 3.63) is 89.2 Å². The molecular weight excluding hydrogens is 366 g/mol. The number of fused-ring (bicyclic) bond motifs is 1. The highest BCUT2D eigenvalue weighted by Crippen LogP contribution is 2.23. The second kappa shape index (κ2) is 7.93. The summed E-state index contributed by atoms with van der Waals surface area (Å²) in [5.41, 5.74) is 1.40. The van der Waals surface area contributed by atoms with Gasteiger partial charge in [0, 0.05) is 10.7 Å². The van der Waals surface area contributed by atoms with Crippen LogP contribution in [0.25, 0.3) is 10.8 Å². The van der Waals surface area contributed by atoms with Gasteiger partial charge in [0.1, 0.15) is 0 Å². The lowest BCUT2D eigenvalue weighted by Crippen LogP contribution is -2.29. The molecule has 0 aliphatic carbocycles. The Morgan fingerprint density at radius 2 is 1.59 bits per heavy atom. The fourth-order valence-electron chi connectivity index (χ4n) is 2.69. The molecule has 0 bridgehead atoms. The highest BCUT2D eigenvalue weighted by Gasteiger charge is 2.17. The first-order valence-corrected chi connectivity index (χ1v) is 8.50. The molecule has 3 aromatic carbocycles. The molecule has 5 nitrogen and oxygen atoms in total. The molecule has 6 heteroatoms. The van der Waals surface area contributed by atoms with Crippen LogP contribution in [-0.2, 0) is 16.1 Å². The van der Waals surface area contributed by atoms with Gasteiger partial charge in [-0.25, -0.2) is 4.79 Å². The molecule has 3 rings (SSSR count). The van der Waals surface area contributed by atoms with Crippen LogP contribution in [-0.4, -0.2) is 22.1 Å². The molecule has 0 heterocycles. The molecular formula is C21H16ClNO4. The van der Waals surface area contributed by atoms with E-state index in [-0.39, 0.29) is 6.54 Å². The van der Waals surface area contributed by atoms with Crippen LogP contribution in [0.1, 0.15) is 5.56 Å². The molecule has 0 aromatic heterocycles. The molecule has 0 saturated carbocycles. The molecule has 0 aliphatic rings. The molecule has 2 N–H and O–H groups in total. The number of amides is 1. The minimum absolute atomic E-state index is 0.203. The summed E-state index contributed by atoms with van der Waals surface area (Å²) in [6.07, 6.45) is 0.692. The van der Waals surface area contributed by atoms with Crippen molar-refractivity contribution in [1.29, 1.82) is 0 Å². The number of rotatable bonds is 5. The Bertz CT molecular complexity index is 1030. The summed E-state index contributed by atoms with van der Waals surface area (Å²) in [6, 6.07) is 20.3. The van der Waals surface area contributed by atoms with Gasteiger partial charge in [-0.3, -0.25) is 4.79 Å². The van der Waals surface area contributed by atoms with Gasteiger partial charge in [-0.2, -0.15) is 0 Å². The molecule has 0 spiro atoms. The standard InChI is InChI=1S/C21H16ClNO4/c22-17-7-9-18(10-8-17)23(20(25)12-19(24)21(26)27)13-14-5-6-15-3-1-2-4-16(15)11-14/h1-12,24H,13H2,(H,26,27). The van der Waals surface area contributed by atoms with Gasteiger partial charge in [0.2, 0.25) is 5.76 Å². The normalized spacial score (nSPS) is 11.4. The Balaban J connectivity index is 1.97. The third-order valence-corrected chi connectivity index (χ3v) is 4.29. The molecule has 0 saturated heterocycles. The summed E-state index contributed by atoms with van der Waals surface area (Å²) < 4.78 is 0. The highest BCUT2D eigenvalue weighted by atomic mass is 35.5. The van der Waals surface area contributed by atoms with Gasteiger partial charge in [-0.1, -0.05) is 48.0 Å². The van der Waals surface area contributed by atoms with E-state index >= 15 is 0 Å². The van der Waals surface area contributed by atoms with Crippen LogP contribution in [0.15, 0.2) is 78.6 Å². The van der Waals surface area contributed by atoms with E-state index in [4.69, 9.17) is 16.7 Å². The number of aliphatic hydroxyl groups is 1. The van der Waals surface area contributed by atoms with E-state index in [1.165, 1.54) is 4.90 Å². The van der Waals surface area contributed by atoms with Gasteiger partial charge in [0.25, 0.3) is 5.91 Å². The topological polar surface area (TPSA) is 77.8 Å². The third-order valence-electron chi connectivity index (χ3n) is 4.04. The van der Waals surface area contributed by atoms with E-state index in [0.29, 0.717) is 16.8 Å². The van der Waals surface area contributed by atoms with Crippen LogP contribution in [0.4, 0.5) is 5.69 Å². The Labute approximate surface area is 160 Å². The van der Waals surface area contributed by atoms with Crippen LogP contribution >= 0.6 is 11.6 Å². The number of nitrogens with zero attached hydrogens (tertiary/aromatic N) is 1. The van der Waals surface area contributed by atoms with Crippen LogP contribution in [0.5, 0.6) is 0 Å². The number of hydrogen-bond donors (Lipinski definition) is 2. The fourth-order valence-corrected chi connectivity index (χ4v) is 2.82. The first kappa shape index (κ1) is 18.5. The summed E-state index contributed by atoms with van der Waals surface area (Å²) in [5, 5.41) is 20.9. The molecule has 27 heavy (non-hydrogen) atoms. The van der Waals surface area contributed by atoms with Crippen molar-refractivity contribution in [2.75, 3.05) is 4.90 Å². The van der Waals surface area contributed by atoms with Gasteiger partial charge in [-0.05, 0) is 46.7 Å². The molecule has 3 aromatic rings. The minimum atomic E-state index is -1.56. The van der Waals surface area contributed by atoms with E-state index < -0.39 is 17.6 Å². The maximum Gasteiger partial charge on any atom is 0.371 e. The van der Waals surface area contributed by atoms with Crippen molar-refractivity contribution in [3.63, 3.8) is 0 Å². The monoisotopic (exact) mass is 381 g/mol. The molecule has 0 atom stereocenters. The number of carboxylic acids is 1. The SMILES string of the molecule is O=C(O)C(O)=CC(=O)N(Cc1ccc2ccccc2c1)c1ccc(Cl)cc1. The molecule has 136 valence electrons. The predicted octanol–water partition coefficient (Wildman–Crippen LogP) is 4.55. The van der Waals surface area contributed by atoms with Crippen molar-refractivity contribution < 1.29 is 19.8 Å². The zero-order chi connectivity index (χ0) is 19.4. The number of aliphatic carboxylic acids is 1. The lowest BCUT2D eigenvalue weighted by Gasteiger charge is -2.22. The van der Waals surface area contributed by atoms with Crippen LogP contribution < -0.4 is 4.90 Å². The molecule has 0 radical (unpaired) electrons. The zero-order valence-electron chi connectivity index (χ0n) is 14.2. The average molecular weight is 382 g/mol. The molecule has 0 unspecified atom stereocenters. The number of carboxylic acid groups (broad SMARTS) is 1. The summed E-state index contributed by atoms with van der Waals surface area (Å²) >= 11 is 5.91. The highest BCUT2D eigenvalue weighted by molar-refractivity contribution is 6.30. The van der Waals surface area contributed by atoms with Crippen molar-refractivity contribution >= 4 is 39.9 Å². The van der Waals surface area contributed by atoms with Crippen LogP contribution in [0.3, 0.4) is 0 Å². The maximum atomic E-state index is 12.6. The Hall–Kier alpha value is -3.31. The summed E-state index contributed by atoms with van der Waals surface area (Å²) in [7, 11) is 0. The number of halogens is 1. The fraction of sp³-hybridized carbons (Fsp3) is 0.0476. The minimum Gasteiger partial charge on any atom is -0.502 e. The number of carbonyl (C=O) groups is 2. The first-order valence-electron chi connectivity index (χ1n) is 8.13. The van der Waals surface area contributed by atoms with Crippen molar-refractivity contribution in [1.82, 2.24) is 0 Å². The van der Waals surface area contributed by atoms with E-state index in [2.05, 4.69) is 0 Å². The lowest BCUT2D eigenvalue weighted by molar-refractivity contribution is -0.135. The van der Waals surface area contributed by atoms with Gasteiger partial charge < -0.3 is 15.1 Å². The van der Waals surface area contributed by atoms with E-state index in [1.807, 2.05) is 42.5 Å². The predicted molar refractivity (Wildman–Crippen MR) is 105 cm³/mol. The van der Waals surface area contributed by atoms with E-state index in [0.717, 1.165) is 16.3 Å². The van der Waals surface area contributed by atoms with E-state index in [9.17, 15) is 14.7 Å². The number of aliphatic hydroxyl groups excluding tert-OH is 1. The van der Waals surface area contributed by atoms with Crippen molar-refractivity contribution in [2.45, 2.75) is 6.54 Å². The average Bonchev–Trinajstić information content (AvgIpc) is 2.66. The number of anilines is 1. The molecule has 0 fully saturated rings. The summed E-state index contributed by atoms with van der Waals surface area (Å²) in [6.45, 7) is 0.203. The maximum absolute atomic E-state index is 12.6. The Morgan fingerprint density at radius 3 is 2.26 bits per heavy atom. The van der Waals surface area contributed by atoms with E-state index in [1.54, 1.807) is 24.3 Å². The summed E-state index contributed by atoms with van der Waals surface area (Å²) in [5.74, 6) is -3.23. The molecule has 0 aliphatic heterocycles. The van der Waals surface area contributed by atoms with Gasteiger partial charge in [0.05, 0.1) is 12.6 Å². The molecule has 1 amide bonds. The second-order valence-corrected chi connectivity index (χ2v) is 6.35. The second-order valence-electron chi connectivity index (χ2n) is 5.92. The number of carbonyl (C=O) groups excluding carboxylic acids is 1. The zero-order valence-corrected chi connectivity index (χ0v) is 14.9. The van der Waals surface area contributed by atoms with Crippen LogP contribution in [0, 0.1) is 0 Å².